The van der Waals surface area contributed by atoms with Gasteiger partial charge in [-0.1, -0.05) is 12.1 Å². The topological polar surface area (TPSA) is 124 Å². The first-order valence-corrected chi connectivity index (χ1v) is 10.8. The van der Waals surface area contributed by atoms with Crippen LogP contribution in [0.2, 0.25) is 0 Å². The summed E-state index contributed by atoms with van der Waals surface area (Å²) in [4.78, 5) is 9.91. The van der Waals surface area contributed by atoms with Gasteiger partial charge < -0.3 is 4.18 Å². The van der Waals surface area contributed by atoms with Crippen LogP contribution in [0.5, 0.6) is 5.75 Å². The van der Waals surface area contributed by atoms with Gasteiger partial charge in [-0.2, -0.15) is 12.7 Å². The molecule has 1 aliphatic heterocycles. The molecule has 11 heteroatoms. The van der Waals surface area contributed by atoms with Gasteiger partial charge >= 0.3 is 15.8 Å². The van der Waals surface area contributed by atoms with Crippen LogP contribution in [0.3, 0.4) is 0 Å². The molecular weight excluding hydrogens is 396 g/mol. The monoisotopic (exact) mass is 412 g/mol. The predicted molar refractivity (Wildman–Crippen MR) is 95.3 cm³/mol. The molecular formula is C16H16N2O7S2. The maximum atomic E-state index is 12.5. The Labute approximate surface area is 156 Å². The molecule has 1 aliphatic rings. The number of rotatable bonds is 6. The first kappa shape index (κ1) is 19.3. The van der Waals surface area contributed by atoms with Crippen molar-refractivity contribution in [3.8, 4) is 5.75 Å². The first-order valence-electron chi connectivity index (χ1n) is 8.00. The van der Waals surface area contributed by atoms with Gasteiger partial charge in [0.2, 0.25) is 15.8 Å². The second-order valence-electron chi connectivity index (χ2n) is 5.84. The first-order chi connectivity index (χ1) is 12.7. The van der Waals surface area contributed by atoms with Gasteiger partial charge in [0.25, 0.3) is 0 Å². The summed E-state index contributed by atoms with van der Waals surface area (Å²) in [6.45, 7) is 0.867. The molecule has 0 radical (unpaired) electrons. The maximum Gasteiger partial charge on any atom is 0.339 e. The highest BCUT2D eigenvalue weighted by molar-refractivity contribution is 7.89. The molecule has 0 atom stereocenters. The highest BCUT2D eigenvalue weighted by Crippen LogP contribution is 2.29. The molecule has 9 nitrogen and oxygen atoms in total. The molecule has 3 rings (SSSR count). The van der Waals surface area contributed by atoms with E-state index >= 15 is 0 Å². The van der Waals surface area contributed by atoms with Crippen LogP contribution in [-0.4, -0.2) is 39.2 Å². The quantitative estimate of drug-likeness (QED) is 0.404. The van der Waals surface area contributed by atoms with E-state index in [2.05, 4.69) is 0 Å². The lowest BCUT2D eigenvalue weighted by molar-refractivity contribution is -0.385. The number of para-hydroxylation sites is 2. The normalized spacial score (nSPS) is 15.6. The molecule has 1 heterocycles. The van der Waals surface area contributed by atoms with Gasteiger partial charge in [0.05, 0.1) is 9.82 Å². The van der Waals surface area contributed by atoms with Crippen LogP contribution in [0.15, 0.2) is 58.3 Å². The second kappa shape index (κ2) is 7.25. The van der Waals surface area contributed by atoms with Crippen molar-refractivity contribution in [2.45, 2.75) is 22.6 Å². The maximum absolute atomic E-state index is 12.5. The molecule has 0 bridgehead atoms. The number of hydrogen-bond donors (Lipinski definition) is 0. The molecule has 1 saturated heterocycles. The van der Waals surface area contributed by atoms with E-state index in [4.69, 9.17) is 4.18 Å². The Hall–Kier alpha value is -2.50. The van der Waals surface area contributed by atoms with E-state index in [-0.39, 0.29) is 9.79 Å². The minimum atomic E-state index is -4.36. The van der Waals surface area contributed by atoms with Crippen LogP contribution in [0.4, 0.5) is 5.69 Å². The van der Waals surface area contributed by atoms with E-state index in [1.807, 2.05) is 0 Å². The van der Waals surface area contributed by atoms with Gasteiger partial charge in [-0.05, 0) is 43.2 Å². The summed E-state index contributed by atoms with van der Waals surface area (Å²) < 4.78 is 56.0. The number of nitro groups is 1. The summed E-state index contributed by atoms with van der Waals surface area (Å²) in [5.41, 5.74) is -0.491. The third-order valence-corrected chi connectivity index (χ3v) is 7.24. The van der Waals surface area contributed by atoms with E-state index in [0.717, 1.165) is 31.0 Å². The highest BCUT2D eigenvalue weighted by atomic mass is 32.2. The number of nitrogens with zero attached hydrogens (tertiary/aromatic N) is 2. The molecule has 0 amide bonds. The highest BCUT2D eigenvalue weighted by Gasteiger charge is 2.28. The van der Waals surface area contributed by atoms with E-state index < -0.39 is 36.5 Å². The number of sulfonamides is 1. The SMILES string of the molecule is O=[N+]([O-])c1ccccc1OS(=O)(=O)c1ccc(S(=O)(=O)N2CCCC2)cc1. The van der Waals surface area contributed by atoms with Crippen LogP contribution in [0, 0.1) is 10.1 Å². The molecule has 0 aliphatic carbocycles. The lowest BCUT2D eigenvalue weighted by Crippen LogP contribution is -2.27. The Kier molecular flexibility index (Phi) is 5.18. The third-order valence-electron chi connectivity index (χ3n) is 4.08. The lowest BCUT2D eigenvalue weighted by Gasteiger charge is -2.15. The second-order valence-corrected chi connectivity index (χ2v) is 9.33. The Morgan fingerprint density at radius 3 is 2.04 bits per heavy atom. The molecule has 0 spiro atoms. The molecule has 2 aromatic carbocycles. The summed E-state index contributed by atoms with van der Waals surface area (Å²) in [6.07, 6.45) is 1.57. The minimum Gasteiger partial charge on any atom is -0.372 e. The van der Waals surface area contributed by atoms with E-state index in [9.17, 15) is 26.9 Å². The van der Waals surface area contributed by atoms with Crippen molar-refractivity contribution in [3.05, 3.63) is 58.6 Å². The molecule has 0 unspecified atom stereocenters. The van der Waals surface area contributed by atoms with Crippen molar-refractivity contribution in [3.63, 3.8) is 0 Å². The average Bonchev–Trinajstić information content (AvgIpc) is 3.17. The molecule has 0 N–H and O–H groups in total. The molecule has 2 aromatic rings. The van der Waals surface area contributed by atoms with E-state index in [1.165, 1.54) is 34.6 Å². The fraction of sp³-hybridized carbons (Fsp3) is 0.250. The number of benzene rings is 2. The third kappa shape index (κ3) is 3.94. The molecule has 0 aromatic heterocycles. The Balaban J connectivity index is 1.87. The zero-order valence-corrected chi connectivity index (χ0v) is 15.6. The van der Waals surface area contributed by atoms with Gasteiger partial charge in [0.15, 0.2) is 0 Å². The largest absolute Gasteiger partial charge is 0.372 e. The molecule has 27 heavy (non-hydrogen) atoms. The Bertz CT molecular complexity index is 1060. The Morgan fingerprint density at radius 2 is 1.44 bits per heavy atom. The van der Waals surface area contributed by atoms with Crippen LogP contribution in [0.25, 0.3) is 0 Å². The van der Waals surface area contributed by atoms with Crippen LogP contribution in [-0.2, 0) is 20.1 Å². The van der Waals surface area contributed by atoms with Gasteiger partial charge in [-0.25, -0.2) is 8.42 Å². The summed E-state index contributed by atoms with van der Waals surface area (Å²) >= 11 is 0. The van der Waals surface area contributed by atoms with E-state index in [1.54, 1.807) is 0 Å². The van der Waals surface area contributed by atoms with Gasteiger partial charge in [0.1, 0.15) is 4.90 Å². The zero-order valence-electron chi connectivity index (χ0n) is 14.0. The van der Waals surface area contributed by atoms with Crippen molar-refractivity contribution in [1.29, 1.82) is 0 Å². The fourth-order valence-electron chi connectivity index (χ4n) is 2.70. The van der Waals surface area contributed by atoms with Crippen LogP contribution >= 0.6 is 0 Å². The summed E-state index contributed by atoms with van der Waals surface area (Å²) in [5.74, 6) is -0.420. The van der Waals surface area contributed by atoms with Gasteiger partial charge in [-0.15, -0.1) is 0 Å². The van der Waals surface area contributed by atoms with Crippen molar-refractivity contribution >= 4 is 25.8 Å². The number of nitro benzene ring substituents is 1. The molecule has 1 fully saturated rings. The summed E-state index contributed by atoms with van der Waals surface area (Å²) in [5, 5.41) is 11.0. The standard InChI is InChI=1S/C16H16N2O7S2/c19-18(20)15-5-1-2-6-16(15)25-27(23,24)14-9-7-13(8-10-14)26(21,22)17-11-3-4-12-17/h1-2,5-10H,3-4,11-12H2. The fourth-order valence-corrected chi connectivity index (χ4v) is 5.16. The van der Waals surface area contributed by atoms with Crippen molar-refractivity contribution in [2.24, 2.45) is 0 Å². The summed E-state index contributed by atoms with van der Waals surface area (Å²) in [6, 6.07) is 9.66. The van der Waals surface area contributed by atoms with Crippen LogP contribution in [0.1, 0.15) is 12.8 Å². The zero-order chi connectivity index (χ0) is 19.7. The van der Waals surface area contributed by atoms with Crippen molar-refractivity contribution in [2.75, 3.05) is 13.1 Å². The summed E-state index contributed by atoms with van der Waals surface area (Å²) in [7, 11) is -8.03. The molecule has 144 valence electrons. The van der Waals surface area contributed by atoms with Crippen molar-refractivity contribution < 1.29 is 25.9 Å². The van der Waals surface area contributed by atoms with Crippen LogP contribution < -0.4 is 4.18 Å². The number of hydrogen-bond acceptors (Lipinski definition) is 7. The van der Waals surface area contributed by atoms with Crippen molar-refractivity contribution in [1.82, 2.24) is 4.31 Å². The minimum absolute atomic E-state index is 0.0194. The van der Waals surface area contributed by atoms with E-state index in [0.29, 0.717) is 13.1 Å². The smallest absolute Gasteiger partial charge is 0.339 e. The molecule has 0 saturated carbocycles. The van der Waals surface area contributed by atoms with Gasteiger partial charge in [0, 0.05) is 19.2 Å². The predicted octanol–water partition coefficient (Wildman–Crippen LogP) is 2.15. The lowest BCUT2D eigenvalue weighted by atomic mass is 10.3. The average molecular weight is 412 g/mol. The Morgan fingerprint density at radius 1 is 0.889 bits per heavy atom. The van der Waals surface area contributed by atoms with Gasteiger partial charge in [-0.3, -0.25) is 10.1 Å².